The van der Waals surface area contributed by atoms with Gasteiger partial charge in [-0.3, -0.25) is 4.99 Å². The summed E-state index contributed by atoms with van der Waals surface area (Å²) in [4.78, 5) is 8.71. The zero-order chi connectivity index (χ0) is 16.5. The van der Waals surface area contributed by atoms with Crippen molar-refractivity contribution in [3.05, 3.63) is 28.2 Å². The van der Waals surface area contributed by atoms with Crippen molar-refractivity contribution in [2.75, 3.05) is 20.1 Å². The molecule has 2 rings (SSSR count). The predicted octanol–water partition coefficient (Wildman–Crippen LogP) is 1.40. The number of aromatic nitrogens is 4. The van der Waals surface area contributed by atoms with Gasteiger partial charge >= 0.3 is 0 Å². The molecule has 0 fully saturated rings. The minimum Gasteiger partial charge on any atom is -0.356 e. The predicted molar refractivity (Wildman–Crippen MR) is 93.9 cm³/mol. The van der Waals surface area contributed by atoms with E-state index in [2.05, 4.69) is 47.7 Å². The van der Waals surface area contributed by atoms with Crippen molar-refractivity contribution >= 4 is 17.3 Å². The summed E-state index contributed by atoms with van der Waals surface area (Å²) < 4.78 is 2.06. The number of aliphatic imine (C=N–C) groups is 1. The molecule has 2 aromatic heterocycles. The van der Waals surface area contributed by atoms with E-state index in [1.807, 2.05) is 6.92 Å². The van der Waals surface area contributed by atoms with Crippen LogP contribution in [0.15, 0.2) is 16.7 Å². The van der Waals surface area contributed by atoms with Crippen LogP contribution >= 0.6 is 11.3 Å². The van der Waals surface area contributed by atoms with E-state index in [1.54, 1.807) is 24.7 Å². The number of guanidine groups is 1. The van der Waals surface area contributed by atoms with Gasteiger partial charge in [0.25, 0.3) is 0 Å². The van der Waals surface area contributed by atoms with E-state index in [0.717, 1.165) is 56.4 Å². The quantitative estimate of drug-likeness (QED) is 0.433. The first-order valence-electron chi connectivity index (χ1n) is 7.95. The molecule has 2 aromatic rings. The van der Waals surface area contributed by atoms with E-state index < -0.39 is 0 Å². The summed E-state index contributed by atoms with van der Waals surface area (Å²) in [7, 11) is 1.79. The highest BCUT2D eigenvalue weighted by molar-refractivity contribution is 7.09. The van der Waals surface area contributed by atoms with E-state index in [9.17, 15) is 0 Å². The normalized spacial score (nSPS) is 11.7. The maximum absolute atomic E-state index is 4.47. The molecule has 0 aliphatic heterocycles. The summed E-state index contributed by atoms with van der Waals surface area (Å²) in [6.07, 6.45) is 4.71. The minimum absolute atomic E-state index is 0.788. The number of hydrogen-bond acceptors (Lipinski definition) is 5. The number of nitrogens with zero attached hydrogens (tertiary/aromatic N) is 5. The molecule has 2 heterocycles. The molecule has 2 N–H and O–H groups in total. The van der Waals surface area contributed by atoms with Gasteiger partial charge in [-0.05, 0) is 13.3 Å². The van der Waals surface area contributed by atoms with Crippen LogP contribution in [-0.2, 0) is 19.4 Å². The summed E-state index contributed by atoms with van der Waals surface area (Å²) in [5.74, 6) is 1.83. The molecule has 0 saturated heterocycles. The van der Waals surface area contributed by atoms with E-state index in [0.29, 0.717) is 0 Å². The molecule has 0 spiro atoms. The Morgan fingerprint density at radius 3 is 2.87 bits per heavy atom. The molecular weight excluding hydrogens is 310 g/mol. The fourth-order valence-corrected chi connectivity index (χ4v) is 3.04. The number of aryl methyl sites for hydroxylation is 3. The Kier molecular flexibility index (Phi) is 6.99. The smallest absolute Gasteiger partial charge is 0.191 e. The lowest BCUT2D eigenvalue weighted by atomic mass is 10.3. The lowest BCUT2D eigenvalue weighted by Gasteiger charge is -2.12. The third-order valence-corrected chi connectivity index (χ3v) is 4.43. The second-order valence-corrected chi connectivity index (χ2v) is 6.15. The van der Waals surface area contributed by atoms with Crippen molar-refractivity contribution in [3.8, 4) is 0 Å². The number of hydrogen-bond donors (Lipinski definition) is 2. The van der Waals surface area contributed by atoms with Crippen LogP contribution in [0.2, 0.25) is 0 Å². The highest BCUT2D eigenvalue weighted by Crippen LogP contribution is 2.10. The van der Waals surface area contributed by atoms with Crippen molar-refractivity contribution in [3.63, 3.8) is 0 Å². The van der Waals surface area contributed by atoms with E-state index in [4.69, 9.17) is 0 Å². The van der Waals surface area contributed by atoms with Crippen molar-refractivity contribution in [1.82, 2.24) is 30.4 Å². The average molecular weight is 335 g/mol. The minimum atomic E-state index is 0.788. The summed E-state index contributed by atoms with van der Waals surface area (Å²) >= 11 is 1.73. The SMILES string of the molecule is CCc1nncn1CCNC(=NC)NCCCc1nc(C)cs1. The zero-order valence-electron chi connectivity index (χ0n) is 14.0. The molecule has 0 amide bonds. The van der Waals surface area contributed by atoms with Crippen LogP contribution < -0.4 is 10.6 Å². The van der Waals surface area contributed by atoms with Crippen molar-refractivity contribution in [2.45, 2.75) is 39.7 Å². The molecule has 0 bridgehead atoms. The molecule has 0 atom stereocenters. The molecule has 0 aromatic carbocycles. The molecule has 7 nitrogen and oxygen atoms in total. The number of nitrogens with one attached hydrogen (secondary N) is 2. The summed E-state index contributed by atoms with van der Waals surface area (Å²) in [6, 6.07) is 0. The fourth-order valence-electron chi connectivity index (χ4n) is 2.22. The lowest BCUT2D eigenvalue weighted by molar-refractivity contribution is 0.630. The summed E-state index contributed by atoms with van der Waals surface area (Å²) in [6.45, 7) is 6.61. The largest absolute Gasteiger partial charge is 0.356 e. The van der Waals surface area contributed by atoms with Gasteiger partial charge < -0.3 is 15.2 Å². The number of rotatable bonds is 8. The van der Waals surface area contributed by atoms with Crippen molar-refractivity contribution < 1.29 is 0 Å². The Hall–Kier alpha value is -1.96. The van der Waals surface area contributed by atoms with Gasteiger partial charge in [-0.1, -0.05) is 6.92 Å². The average Bonchev–Trinajstić information content (AvgIpc) is 3.18. The lowest BCUT2D eigenvalue weighted by Crippen LogP contribution is -2.39. The van der Waals surface area contributed by atoms with Gasteiger partial charge in [0.05, 0.1) is 5.01 Å². The van der Waals surface area contributed by atoms with Gasteiger partial charge in [-0.15, -0.1) is 21.5 Å². The topological polar surface area (TPSA) is 80.0 Å². The van der Waals surface area contributed by atoms with Gasteiger partial charge in [0.15, 0.2) is 5.96 Å². The van der Waals surface area contributed by atoms with Gasteiger partial charge in [0, 0.05) is 50.6 Å². The monoisotopic (exact) mass is 335 g/mol. The molecular formula is C15H25N7S. The Morgan fingerprint density at radius 2 is 2.17 bits per heavy atom. The molecule has 23 heavy (non-hydrogen) atoms. The Bertz CT molecular complexity index is 617. The molecule has 0 aliphatic rings. The molecule has 8 heteroatoms. The van der Waals surface area contributed by atoms with Gasteiger partial charge in [0.2, 0.25) is 0 Å². The van der Waals surface area contributed by atoms with E-state index in [-0.39, 0.29) is 0 Å². The van der Waals surface area contributed by atoms with Crippen LogP contribution in [-0.4, -0.2) is 45.8 Å². The Morgan fingerprint density at radius 1 is 1.35 bits per heavy atom. The maximum Gasteiger partial charge on any atom is 0.191 e. The van der Waals surface area contributed by atoms with Crippen LogP contribution in [0.4, 0.5) is 0 Å². The van der Waals surface area contributed by atoms with Crippen molar-refractivity contribution in [2.24, 2.45) is 4.99 Å². The second-order valence-electron chi connectivity index (χ2n) is 5.21. The molecule has 0 unspecified atom stereocenters. The van der Waals surface area contributed by atoms with Crippen molar-refractivity contribution in [1.29, 1.82) is 0 Å². The van der Waals surface area contributed by atoms with E-state index in [1.165, 1.54) is 5.01 Å². The van der Waals surface area contributed by atoms with Crippen LogP contribution in [0.25, 0.3) is 0 Å². The molecule has 126 valence electrons. The van der Waals surface area contributed by atoms with Gasteiger partial charge in [0.1, 0.15) is 12.2 Å². The summed E-state index contributed by atoms with van der Waals surface area (Å²) in [5.41, 5.74) is 1.11. The first kappa shape index (κ1) is 17.4. The maximum atomic E-state index is 4.47. The Labute approximate surface area is 141 Å². The zero-order valence-corrected chi connectivity index (χ0v) is 14.9. The van der Waals surface area contributed by atoms with E-state index >= 15 is 0 Å². The highest BCUT2D eigenvalue weighted by atomic mass is 32.1. The highest BCUT2D eigenvalue weighted by Gasteiger charge is 2.03. The van der Waals surface area contributed by atoms with Gasteiger partial charge in [-0.25, -0.2) is 4.98 Å². The summed E-state index contributed by atoms with van der Waals surface area (Å²) in [5, 5.41) is 18.0. The molecule has 0 saturated carbocycles. The third-order valence-electron chi connectivity index (χ3n) is 3.41. The molecule has 0 aliphatic carbocycles. The van der Waals surface area contributed by atoms with Crippen LogP contribution in [0.5, 0.6) is 0 Å². The first-order chi connectivity index (χ1) is 11.2. The second kappa shape index (κ2) is 9.24. The van der Waals surface area contributed by atoms with Crippen LogP contribution in [0.1, 0.15) is 29.9 Å². The molecule has 0 radical (unpaired) electrons. The number of thiazole rings is 1. The Balaban J connectivity index is 1.63. The van der Waals surface area contributed by atoms with Crippen LogP contribution in [0, 0.1) is 6.92 Å². The van der Waals surface area contributed by atoms with Gasteiger partial charge in [-0.2, -0.15) is 0 Å². The first-order valence-corrected chi connectivity index (χ1v) is 8.83. The third kappa shape index (κ3) is 5.63. The van der Waals surface area contributed by atoms with Crippen LogP contribution in [0.3, 0.4) is 0 Å². The standard InChI is InChI=1S/C15H25N7S/c1-4-13-21-19-11-22(13)9-8-18-15(16-3)17-7-5-6-14-20-12(2)10-23-14/h10-11H,4-9H2,1-3H3,(H2,16,17,18). The fraction of sp³-hybridized carbons (Fsp3) is 0.600.